The molecule has 1 aliphatic heterocycles. The highest BCUT2D eigenvalue weighted by Crippen LogP contribution is 2.27. The van der Waals surface area contributed by atoms with Crippen LogP contribution >= 0.6 is 0 Å². The molecule has 0 aromatic rings. The van der Waals surface area contributed by atoms with Gasteiger partial charge in [-0.1, -0.05) is 0 Å². The minimum atomic E-state index is 0.689. The van der Waals surface area contributed by atoms with Gasteiger partial charge in [0, 0.05) is 38.1 Å². The van der Waals surface area contributed by atoms with Gasteiger partial charge in [0.25, 0.3) is 0 Å². The zero-order valence-electron chi connectivity index (χ0n) is 10.7. The maximum absolute atomic E-state index is 3.34. The summed E-state index contributed by atoms with van der Waals surface area (Å²) < 4.78 is 0. The molecule has 2 heteroatoms. The molecule has 0 amide bonds. The summed E-state index contributed by atoms with van der Waals surface area (Å²) in [5.41, 5.74) is 0. The number of nitrogens with zero attached hydrogens (tertiary/aromatic N) is 2. The van der Waals surface area contributed by atoms with Gasteiger partial charge in [0.05, 0.1) is 0 Å². The second-order valence-electron chi connectivity index (χ2n) is 5.24. The van der Waals surface area contributed by atoms with Crippen molar-refractivity contribution in [2.75, 3.05) is 33.2 Å². The average molecular weight is 220 g/mol. The Hall–Kier alpha value is -0.520. The third-order valence-electron chi connectivity index (χ3n) is 4.10. The Kier molecular flexibility index (Phi) is 4.26. The first-order valence-corrected chi connectivity index (χ1v) is 6.64. The molecule has 1 heterocycles. The second kappa shape index (κ2) is 5.70. The molecule has 0 radical (unpaired) electrons. The summed E-state index contributed by atoms with van der Waals surface area (Å²) in [5, 5.41) is 0. The lowest BCUT2D eigenvalue weighted by Crippen LogP contribution is -2.49. The van der Waals surface area contributed by atoms with E-state index in [-0.39, 0.29) is 0 Å². The van der Waals surface area contributed by atoms with Crippen molar-refractivity contribution in [1.82, 2.24) is 9.80 Å². The van der Waals surface area contributed by atoms with Gasteiger partial charge in [-0.25, -0.2) is 0 Å². The van der Waals surface area contributed by atoms with E-state index in [9.17, 15) is 0 Å². The van der Waals surface area contributed by atoms with Crippen molar-refractivity contribution < 1.29 is 0 Å². The normalized spacial score (nSPS) is 33.1. The van der Waals surface area contributed by atoms with Gasteiger partial charge >= 0.3 is 0 Å². The SMILES string of the molecule is CC#C[C@H]1CC[C@H](N2CCN(C)CC2)CC1. The van der Waals surface area contributed by atoms with Gasteiger partial charge < -0.3 is 4.90 Å². The van der Waals surface area contributed by atoms with E-state index in [0.717, 1.165) is 6.04 Å². The molecular formula is C14H24N2. The van der Waals surface area contributed by atoms with Gasteiger partial charge in [0.1, 0.15) is 0 Å². The topological polar surface area (TPSA) is 6.48 Å². The van der Waals surface area contributed by atoms with Crippen molar-refractivity contribution >= 4 is 0 Å². The monoisotopic (exact) mass is 220 g/mol. The molecule has 2 rings (SSSR count). The number of hydrogen-bond donors (Lipinski definition) is 0. The standard InChI is InChI=1S/C14H24N2/c1-3-4-13-5-7-14(8-6-13)16-11-9-15(2)10-12-16/h13-14H,5-12H2,1-2H3/t13-,14-. The highest BCUT2D eigenvalue weighted by Gasteiger charge is 2.26. The van der Waals surface area contributed by atoms with Crippen molar-refractivity contribution in [3.8, 4) is 11.8 Å². The first-order valence-electron chi connectivity index (χ1n) is 6.64. The Balaban J connectivity index is 1.77. The number of hydrogen-bond acceptors (Lipinski definition) is 2. The molecule has 0 atom stereocenters. The summed E-state index contributed by atoms with van der Waals surface area (Å²) in [6.07, 6.45) is 5.36. The van der Waals surface area contributed by atoms with E-state index >= 15 is 0 Å². The maximum Gasteiger partial charge on any atom is 0.0203 e. The van der Waals surface area contributed by atoms with Gasteiger partial charge in [-0.3, -0.25) is 4.90 Å². The van der Waals surface area contributed by atoms with E-state index in [2.05, 4.69) is 28.7 Å². The predicted molar refractivity (Wildman–Crippen MR) is 68.3 cm³/mol. The Labute approximate surface area is 100.0 Å². The summed E-state index contributed by atoms with van der Waals surface area (Å²) >= 11 is 0. The van der Waals surface area contributed by atoms with Crippen LogP contribution in [0.4, 0.5) is 0 Å². The van der Waals surface area contributed by atoms with Crippen molar-refractivity contribution in [2.24, 2.45) is 5.92 Å². The van der Waals surface area contributed by atoms with Crippen LogP contribution in [0.3, 0.4) is 0 Å². The molecule has 0 aromatic heterocycles. The number of rotatable bonds is 1. The van der Waals surface area contributed by atoms with Crippen molar-refractivity contribution in [2.45, 2.75) is 38.6 Å². The molecule has 0 aromatic carbocycles. The molecule has 1 saturated carbocycles. The second-order valence-corrected chi connectivity index (χ2v) is 5.24. The molecule has 0 bridgehead atoms. The minimum absolute atomic E-state index is 0.689. The van der Waals surface area contributed by atoms with E-state index in [4.69, 9.17) is 0 Å². The van der Waals surface area contributed by atoms with Crippen molar-refractivity contribution in [1.29, 1.82) is 0 Å². The fourth-order valence-corrected chi connectivity index (χ4v) is 2.98. The maximum atomic E-state index is 3.34. The average Bonchev–Trinajstić information content (AvgIpc) is 2.32. The largest absolute Gasteiger partial charge is 0.304 e. The van der Waals surface area contributed by atoms with E-state index in [0.29, 0.717) is 5.92 Å². The third kappa shape index (κ3) is 2.99. The van der Waals surface area contributed by atoms with E-state index < -0.39 is 0 Å². The van der Waals surface area contributed by atoms with Gasteiger partial charge in [-0.05, 0) is 39.7 Å². The molecule has 0 spiro atoms. The van der Waals surface area contributed by atoms with Crippen LogP contribution in [0.1, 0.15) is 32.6 Å². The lowest BCUT2D eigenvalue weighted by molar-refractivity contribution is 0.0863. The third-order valence-corrected chi connectivity index (χ3v) is 4.10. The quantitative estimate of drug-likeness (QED) is 0.622. The number of likely N-dealkylation sites (N-methyl/N-ethyl adjacent to an activating group) is 1. The van der Waals surface area contributed by atoms with Crippen LogP contribution in [-0.4, -0.2) is 49.1 Å². The Morgan fingerprint density at radius 3 is 2.12 bits per heavy atom. The van der Waals surface area contributed by atoms with Crippen molar-refractivity contribution in [3.05, 3.63) is 0 Å². The molecule has 2 aliphatic rings. The van der Waals surface area contributed by atoms with Crippen LogP contribution in [0, 0.1) is 17.8 Å². The first-order chi connectivity index (χ1) is 7.79. The van der Waals surface area contributed by atoms with Gasteiger partial charge in [0.2, 0.25) is 0 Å². The Bertz CT molecular complexity index is 260. The van der Waals surface area contributed by atoms with Crippen molar-refractivity contribution in [3.63, 3.8) is 0 Å². The molecule has 1 saturated heterocycles. The lowest BCUT2D eigenvalue weighted by atomic mass is 9.85. The van der Waals surface area contributed by atoms with Crippen LogP contribution in [0.5, 0.6) is 0 Å². The summed E-state index contributed by atoms with van der Waals surface area (Å²) in [6, 6.07) is 0.851. The Morgan fingerprint density at radius 1 is 0.938 bits per heavy atom. The molecular weight excluding hydrogens is 196 g/mol. The zero-order valence-corrected chi connectivity index (χ0v) is 10.7. The molecule has 0 N–H and O–H groups in total. The first kappa shape index (κ1) is 12.0. The molecule has 1 aliphatic carbocycles. The summed E-state index contributed by atoms with van der Waals surface area (Å²) in [5.74, 6) is 7.09. The fraction of sp³-hybridized carbons (Fsp3) is 0.857. The van der Waals surface area contributed by atoms with Crippen LogP contribution in [0.2, 0.25) is 0 Å². The van der Waals surface area contributed by atoms with Crippen LogP contribution in [0.25, 0.3) is 0 Å². The zero-order chi connectivity index (χ0) is 11.4. The summed E-state index contributed by atoms with van der Waals surface area (Å²) in [7, 11) is 2.23. The molecule has 16 heavy (non-hydrogen) atoms. The Morgan fingerprint density at radius 2 is 1.56 bits per heavy atom. The van der Waals surface area contributed by atoms with Gasteiger partial charge in [0.15, 0.2) is 0 Å². The number of piperazine rings is 1. The lowest BCUT2D eigenvalue weighted by Gasteiger charge is -2.40. The minimum Gasteiger partial charge on any atom is -0.304 e. The van der Waals surface area contributed by atoms with E-state index in [1.165, 1.54) is 51.9 Å². The van der Waals surface area contributed by atoms with Crippen LogP contribution in [-0.2, 0) is 0 Å². The van der Waals surface area contributed by atoms with Gasteiger partial charge in [-0.2, -0.15) is 0 Å². The molecule has 2 fully saturated rings. The summed E-state index contributed by atoms with van der Waals surface area (Å²) in [6.45, 7) is 6.99. The van der Waals surface area contributed by atoms with Crippen LogP contribution in [0.15, 0.2) is 0 Å². The molecule has 90 valence electrons. The highest BCUT2D eigenvalue weighted by molar-refractivity contribution is 5.03. The fourth-order valence-electron chi connectivity index (χ4n) is 2.98. The van der Waals surface area contributed by atoms with E-state index in [1.54, 1.807) is 0 Å². The molecule has 2 nitrogen and oxygen atoms in total. The summed E-state index contributed by atoms with van der Waals surface area (Å²) in [4.78, 5) is 5.14. The predicted octanol–water partition coefficient (Wildman–Crippen LogP) is 1.82. The highest BCUT2D eigenvalue weighted by atomic mass is 15.3. The van der Waals surface area contributed by atoms with Crippen LogP contribution < -0.4 is 0 Å². The smallest absolute Gasteiger partial charge is 0.0203 e. The van der Waals surface area contributed by atoms with E-state index in [1.807, 2.05) is 6.92 Å². The molecule has 0 unspecified atom stereocenters. The van der Waals surface area contributed by atoms with Gasteiger partial charge in [-0.15, -0.1) is 11.8 Å².